The fourth-order valence-electron chi connectivity index (χ4n) is 3.25. The minimum Gasteiger partial charge on any atom is -0.300 e. The molecule has 0 aliphatic carbocycles. The van der Waals surface area contributed by atoms with Crippen LogP contribution in [0.4, 0.5) is 9.52 Å². The molecule has 1 aliphatic rings. The zero-order valence-corrected chi connectivity index (χ0v) is 17.9. The highest BCUT2D eigenvalue weighted by Crippen LogP contribution is 2.26. The highest BCUT2D eigenvalue weighted by Gasteiger charge is 2.32. The molecule has 158 valence electrons. The molecular formula is C19H25FN4O3S2. The lowest BCUT2D eigenvalue weighted by Gasteiger charge is -2.30. The number of nitrogens with zero attached hydrogens (tertiary/aromatic N) is 3. The van der Waals surface area contributed by atoms with Crippen molar-refractivity contribution < 1.29 is 17.6 Å². The van der Waals surface area contributed by atoms with Crippen molar-refractivity contribution in [3.63, 3.8) is 0 Å². The highest BCUT2D eigenvalue weighted by atomic mass is 32.2. The van der Waals surface area contributed by atoms with Gasteiger partial charge in [0.05, 0.1) is 4.90 Å². The Bertz CT molecular complexity index is 923. The number of aromatic nitrogens is 2. The Labute approximate surface area is 174 Å². The first-order valence-electron chi connectivity index (χ1n) is 9.79. The molecule has 0 radical (unpaired) electrons. The number of unbranched alkanes of at least 4 members (excludes halogenated alkanes) is 2. The van der Waals surface area contributed by atoms with Gasteiger partial charge < -0.3 is 5.32 Å². The summed E-state index contributed by atoms with van der Waals surface area (Å²) in [6.07, 6.45) is 5.04. The summed E-state index contributed by atoms with van der Waals surface area (Å²) in [5.41, 5.74) is 0. The molecule has 3 rings (SSSR count). The average molecular weight is 441 g/mol. The van der Waals surface area contributed by atoms with E-state index < -0.39 is 15.8 Å². The topological polar surface area (TPSA) is 92.3 Å². The first-order chi connectivity index (χ1) is 13.9. The van der Waals surface area contributed by atoms with Gasteiger partial charge >= 0.3 is 0 Å². The van der Waals surface area contributed by atoms with Crippen molar-refractivity contribution >= 4 is 32.4 Å². The van der Waals surface area contributed by atoms with Crippen LogP contribution in [0.2, 0.25) is 0 Å². The number of aryl methyl sites for hydroxylation is 1. The third-order valence-electron chi connectivity index (χ3n) is 4.97. The Morgan fingerprint density at radius 2 is 1.90 bits per heavy atom. The van der Waals surface area contributed by atoms with Crippen molar-refractivity contribution in [1.82, 2.24) is 14.5 Å². The van der Waals surface area contributed by atoms with Gasteiger partial charge in [-0.25, -0.2) is 12.8 Å². The zero-order chi connectivity index (χ0) is 20.9. The Morgan fingerprint density at radius 1 is 1.21 bits per heavy atom. The second-order valence-corrected chi connectivity index (χ2v) is 10.1. The van der Waals surface area contributed by atoms with Gasteiger partial charge in [-0.3, -0.25) is 4.79 Å². The number of hydrogen-bond donors (Lipinski definition) is 1. The van der Waals surface area contributed by atoms with Gasteiger partial charge in [0.25, 0.3) is 0 Å². The number of nitrogens with one attached hydrogen (secondary N) is 1. The van der Waals surface area contributed by atoms with Crippen molar-refractivity contribution in [3.05, 3.63) is 35.1 Å². The van der Waals surface area contributed by atoms with Crippen LogP contribution in [-0.2, 0) is 21.2 Å². The van der Waals surface area contributed by atoms with Gasteiger partial charge in [0, 0.05) is 25.4 Å². The average Bonchev–Trinajstić information content (AvgIpc) is 3.16. The predicted octanol–water partition coefficient (Wildman–Crippen LogP) is 3.45. The maximum Gasteiger partial charge on any atom is 0.243 e. The fraction of sp³-hybridized carbons (Fsp3) is 0.526. The van der Waals surface area contributed by atoms with E-state index in [-0.39, 0.29) is 29.8 Å². The van der Waals surface area contributed by atoms with E-state index in [0.717, 1.165) is 42.8 Å². The summed E-state index contributed by atoms with van der Waals surface area (Å²) >= 11 is 1.39. The van der Waals surface area contributed by atoms with E-state index in [0.29, 0.717) is 18.0 Å². The number of amides is 1. The van der Waals surface area contributed by atoms with Gasteiger partial charge in [-0.05, 0) is 43.5 Å². The number of rotatable bonds is 8. The summed E-state index contributed by atoms with van der Waals surface area (Å²) < 4.78 is 39.7. The molecule has 0 unspecified atom stereocenters. The van der Waals surface area contributed by atoms with Crippen LogP contribution in [0.3, 0.4) is 0 Å². The highest BCUT2D eigenvalue weighted by molar-refractivity contribution is 7.89. The lowest BCUT2D eigenvalue weighted by atomic mass is 9.97. The van der Waals surface area contributed by atoms with Crippen LogP contribution in [0.1, 0.15) is 44.0 Å². The second-order valence-electron chi connectivity index (χ2n) is 7.08. The van der Waals surface area contributed by atoms with Gasteiger partial charge in [-0.2, -0.15) is 4.31 Å². The Morgan fingerprint density at radius 3 is 2.55 bits per heavy atom. The smallest absolute Gasteiger partial charge is 0.243 e. The van der Waals surface area contributed by atoms with Crippen molar-refractivity contribution in [2.45, 2.75) is 50.3 Å². The standard InChI is InChI=1S/C19H25FN4O3S2/c1-2-3-4-5-17-22-23-19(28-17)21-18(25)14-10-12-24(13-11-14)29(26,27)16-8-6-15(20)7-9-16/h6-9,14H,2-5,10-13H2,1H3,(H,21,23,25). The molecule has 2 aromatic rings. The summed E-state index contributed by atoms with van der Waals surface area (Å²) in [5, 5.41) is 12.4. The summed E-state index contributed by atoms with van der Waals surface area (Å²) in [6, 6.07) is 4.78. The van der Waals surface area contributed by atoms with Crippen molar-refractivity contribution in [2.75, 3.05) is 18.4 Å². The van der Waals surface area contributed by atoms with Gasteiger partial charge in [0.15, 0.2) is 0 Å². The number of carbonyl (C=O) groups excluding carboxylic acids is 1. The summed E-state index contributed by atoms with van der Waals surface area (Å²) in [7, 11) is -3.68. The molecule has 1 amide bonds. The molecule has 1 aromatic heterocycles. The molecule has 1 N–H and O–H groups in total. The molecule has 1 aromatic carbocycles. The SMILES string of the molecule is CCCCCc1nnc(NC(=O)C2CCN(S(=O)(=O)c3ccc(F)cc3)CC2)s1. The molecule has 1 fully saturated rings. The molecule has 0 saturated carbocycles. The van der Waals surface area contributed by atoms with E-state index in [1.54, 1.807) is 0 Å². The number of sulfonamides is 1. The first kappa shape index (κ1) is 21.8. The molecule has 0 spiro atoms. The minimum absolute atomic E-state index is 0.0614. The maximum absolute atomic E-state index is 13.1. The van der Waals surface area contributed by atoms with E-state index in [1.165, 1.54) is 27.8 Å². The normalized spacial score (nSPS) is 16.1. The van der Waals surface area contributed by atoms with Crippen molar-refractivity contribution in [3.8, 4) is 0 Å². The maximum atomic E-state index is 13.1. The number of piperidine rings is 1. The molecule has 1 aliphatic heterocycles. The Hall–Kier alpha value is -1.91. The van der Waals surface area contributed by atoms with Crippen LogP contribution in [0.25, 0.3) is 0 Å². The first-order valence-corrected chi connectivity index (χ1v) is 12.0. The van der Waals surface area contributed by atoms with E-state index in [2.05, 4.69) is 22.4 Å². The van der Waals surface area contributed by atoms with Crippen LogP contribution in [0.5, 0.6) is 0 Å². The van der Waals surface area contributed by atoms with Crippen LogP contribution in [0, 0.1) is 11.7 Å². The summed E-state index contributed by atoms with van der Waals surface area (Å²) in [5.74, 6) is -0.910. The minimum atomic E-state index is -3.68. The molecule has 2 heterocycles. The second kappa shape index (κ2) is 9.73. The quantitative estimate of drug-likeness (QED) is 0.635. The fourth-order valence-corrected chi connectivity index (χ4v) is 5.51. The van der Waals surface area contributed by atoms with Crippen LogP contribution >= 0.6 is 11.3 Å². The number of halogens is 1. The molecule has 7 nitrogen and oxygen atoms in total. The van der Waals surface area contributed by atoms with Crippen LogP contribution in [-0.4, -0.2) is 41.9 Å². The molecular weight excluding hydrogens is 415 g/mol. The zero-order valence-electron chi connectivity index (χ0n) is 16.3. The molecule has 1 saturated heterocycles. The van der Waals surface area contributed by atoms with Crippen molar-refractivity contribution in [1.29, 1.82) is 0 Å². The molecule has 29 heavy (non-hydrogen) atoms. The molecule has 0 bridgehead atoms. The number of anilines is 1. The predicted molar refractivity (Wildman–Crippen MR) is 110 cm³/mol. The van der Waals surface area contributed by atoms with E-state index in [4.69, 9.17) is 0 Å². The summed E-state index contributed by atoms with van der Waals surface area (Å²) in [4.78, 5) is 12.6. The van der Waals surface area contributed by atoms with Gasteiger partial charge in [-0.1, -0.05) is 31.1 Å². The number of benzene rings is 1. The number of hydrogen-bond acceptors (Lipinski definition) is 6. The third-order valence-corrected chi connectivity index (χ3v) is 7.78. The molecule has 10 heteroatoms. The Kier molecular flexibility index (Phi) is 7.31. The summed E-state index contributed by atoms with van der Waals surface area (Å²) in [6.45, 7) is 2.63. The van der Waals surface area contributed by atoms with Crippen LogP contribution in [0.15, 0.2) is 29.2 Å². The van der Waals surface area contributed by atoms with Gasteiger partial charge in [-0.15, -0.1) is 10.2 Å². The van der Waals surface area contributed by atoms with Gasteiger partial charge in [0.1, 0.15) is 10.8 Å². The monoisotopic (exact) mass is 440 g/mol. The van der Waals surface area contributed by atoms with E-state index in [9.17, 15) is 17.6 Å². The largest absolute Gasteiger partial charge is 0.300 e. The lowest BCUT2D eigenvalue weighted by Crippen LogP contribution is -2.41. The van der Waals surface area contributed by atoms with E-state index >= 15 is 0 Å². The third kappa shape index (κ3) is 5.58. The van der Waals surface area contributed by atoms with E-state index in [1.807, 2.05) is 0 Å². The lowest BCUT2D eigenvalue weighted by molar-refractivity contribution is -0.120. The van der Waals surface area contributed by atoms with Gasteiger partial charge in [0.2, 0.25) is 21.1 Å². The number of carbonyl (C=O) groups is 1. The van der Waals surface area contributed by atoms with Crippen molar-refractivity contribution in [2.24, 2.45) is 5.92 Å². The molecule has 0 atom stereocenters. The van der Waals surface area contributed by atoms with Crippen LogP contribution < -0.4 is 5.32 Å². The Balaban J connectivity index is 1.52.